The number of nitrogens with zero attached hydrogens (tertiary/aromatic N) is 1. The van der Waals surface area contributed by atoms with Crippen molar-refractivity contribution in [3.05, 3.63) is 72.6 Å². The van der Waals surface area contributed by atoms with Gasteiger partial charge in [-0.3, -0.25) is 14.6 Å². The second-order valence-electron chi connectivity index (χ2n) is 5.16. The number of rotatable bonds is 9. The fraction of sp³-hybridized carbons (Fsp3) is 0.150. The number of ether oxygens (including phenoxy) is 2. The third-order valence-corrected chi connectivity index (χ3v) is 3.34. The minimum absolute atomic E-state index is 0.187. The Kier molecular flexibility index (Phi) is 6.65. The van der Waals surface area contributed by atoms with E-state index in [9.17, 15) is 9.59 Å². The first kappa shape index (κ1) is 18.1. The Labute approximate surface area is 146 Å². The summed E-state index contributed by atoms with van der Waals surface area (Å²) in [5.41, 5.74) is 1.54. The van der Waals surface area contributed by atoms with Gasteiger partial charge in [0.25, 0.3) is 0 Å². The van der Waals surface area contributed by atoms with Crippen LogP contribution in [0.3, 0.4) is 0 Å². The van der Waals surface area contributed by atoms with Gasteiger partial charge >= 0.3 is 0 Å². The molecule has 0 atom stereocenters. The molecule has 5 nitrogen and oxygen atoms in total. The summed E-state index contributed by atoms with van der Waals surface area (Å²) in [5.74, 6) is 0.604. The van der Waals surface area contributed by atoms with Crippen molar-refractivity contribution >= 4 is 17.6 Å². The fourth-order valence-corrected chi connectivity index (χ4v) is 2.05. The van der Waals surface area contributed by atoms with E-state index in [0.717, 1.165) is 11.8 Å². The summed E-state index contributed by atoms with van der Waals surface area (Å²) in [5, 5.41) is 0. The van der Waals surface area contributed by atoms with Crippen LogP contribution in [0.15, 0.2) is 61.3 Å². The highest BCUT2D eigenvalue weighted by atomic mass is 16.5. The lowest BCUT2D eigenvalue weighted by atomic mass is 10.1. The van der Waals surface area contributed by atoms with Crippen LogP contribution in [0.2, 0.25) is 0 Å². The summed E-state index contributed by atoms with van der Waals surface area (Å²) < 4.78 is 11.0. The Bertz CT molecular complexity index is 782. The van der Waals surface area contributed by atoms with E-state index in [4.69, 9.17) is 9.47 Å². The first-order valence-electron chi connectivity index (χ1n) is 7.69. The molecule has 0 bridgehead atoms. The summed E-state index contributed by atoms with van der Waals surface area (Å²) in [6.45, 7) is 3.69. The van der Waals surface area contributed by atoms with Gasteiger partial charge < -0.3 is 9.47 Å². The largest absolute Gasteiger partial charge is 0.496 e. The zero-order valence-corrected chi connectivity index (χ0v) is 14.0. The van der Waals surface area contributed by atoms with Gasteiger partial charge in [0.05, 0.1) is 19.2 Å². The quantitative estimate of drug-likeness (QED) is 0.518. The van der Waals surface area contributed by atoms with E-state index in [1.54, 1.807) is 30.5 Å². The predicted molar refractivity (Wildman–Crippen MR) is 95.4 cm³/mol. The van der Waals surface area contributed by atoms with Gasteiger partial charge in [0.2, 0.25) is 0 Å². The fourth-order valence-electron chi connectivity index (χ4n) is 2.05. The van der Waals surface area contributed by atoms with E-state index in [0.29, 0.717) is 23.7 Å². The number of pyridine rings is 1. The Morgan fingerprint density at radius 3 is 2.72 bits per heavy atom. The molecule has 0 aliphatic rings. The van der Waals surface area contributed by atoms with Crippen LogP contribution in [0, 0.1) is 0 Å². The molecule has 128 valence electrons. The van der Waals surface area contributed by atoms with Gasteiger partial charge in [-0.05, 0) is 42.5 Å². The van der Waals surface area contributed by atoms with E-state index in [-0.39, 0.29) is 18.0 Å². The number of aromatic nitrogens is 1. The van der Waals surface area contributed by atoms with Crippen molar-refractivity contribution in [2.24, 2.45) is 0 Å². The van der Waals surface area contributed by atoms with Gasteiger partial charge in [0.1, 0.15) is 18.1 Å². The summed E-state index contributed by atoms with van der Waals surface area (Å²) >= 11 is 0. The van der Waals surface area contributed by atoms with Crippen LogP contribution < -0.4 is 9.47 Å². The smallest absolute Gasteiger partial charge is 0.163 e. The molecule has 1 aromatic carbocycles. The number of carbonyl (C=O) groups excluding carboxylic acids is 2. The second-order valence-corrected chi connectivity index (χ2v) is 5.16. The van der Waals surface area contributed by atoms with E-state index in [1.165, 1.54) is 13.2 Å². The molecular weight excluding hydrogens is 318 g/mol. The standard InChI is InChI=1S/C20H19NO4/c1-3-17(22)12-18(23)9-7-15-8-10-19(13-20(15)24-2)25-14-16-6-4-5-11-21-16/h3-11,13H,1,12,14H2,2H3. The minimum atomic E-state index is -0.306. The molecule has 0 fully saturated rings. The topological polar surface area (TPSA) is 65.5 Å². The third kappa shape index (κ3) is 5.73. The molecule has 0 saturated carbocycles. The Morgan fingerprint density at radius 1 is 1.20 bits per heavy atom. The molecule has 0 aliphatic carbocycles. The molecule has 0 amide bonds. The highest BCUT2D eigenvalue weighted by molar-refractivity contribution is 6.09. The first-order valence-corrected chi connectivity index (χ1v) is 7.69. The lowest BCUT2D eigenvalue weighted by molar-refractivity contribution is -0.121. The number of ketones is 2. The second kappa shape index (κ2) is 9.17. The molecule has 2 aromatic rings. The number of allylic oxidation sites excluding steroid dienone is 2. The Hall–Kier alpha value is -3.21. The molecule has 2 rings (SSSR count). The van der Waals surface area contributed by atoms with E-state index in [1.807, 2.05) is 18.2 Å². The molecule has 1 heterocycles. The molecule has 0 N–H and O–H groups in total. The van der Waals surface area contributed by atoms with Gasteiger partial charge in [-0.2, -0.15) is 0 Å². The lowest BCUT2D eigenvalue weighted by Crippen LogP contribution is -2.01. The van der Waals surface area contributed by atoms with Gasteiger partial charge in [-0.1, -0.05) is 12.6 Å². The lowest BCUT2D eigenvalue weighted by Gasteiger charge is -2.09. The minimum Gasteiger partial charge on any atom is -0.496 e. The van der Waals surface area contributed by atoms with E-state index < -0.39 is 0 Å². The van der Waals surface area contributed by atoms with Crippen molar-refractivity contribution in [2.45, 2.75) is 13.0 Å². The van der Waals surface area contributed by atoms with Gasteiger partial charge in [0.15, 0.2) is 11.6 Å². The molecule has 0 unspecified atom stereocenters. The third-order valence-electron chi connectivity index (χ3n) is 3.34. The SMILES string of the molecule is C=CC(=O)CC(=O)C=Cc1ccc(OCc2ccccn2)cc1OC. The van der Waals surface area contributed by atoms with Crippen molar-refractivity contribution < 1.29 is 19.1 Å². The molecular formula is C20H19NO4. The summed E-state index contributed by atoms with van der Waals surface area (Å²) in [6.07, 6.45) is 5.63. The molecule has 0 aliphatic heterocycles. The molecule has 0 saturated heterocycles. The first-order chi connectivity index (χ1) is 12.1. The highest BCUT2D eigenvalue weighted by Gasteiger charge is 2.06. The van der Waals surface area contributed by atoms with Gasteiger partial charge in [-0.15, -0.1) is 0 Å². The van der Waals surface area contributed by atoms with Gasteiger partial charge in [0, 0.05) is 17.8 Å². The normalized spacial score (nSPS) is 10.4. The van der Waals surface area contributed by atoms with E-state index in [2.05, 4.69) is 11.6 Å². The maximum absolute atomic E-state index is 11.7. The number of methoxy groups -OCH3 is 1. The van der Waals surface area contributed by atoms with Crippen LogP contribution in [0.4, 0.5) is 0 Å². The molecule has 5 heteroatoms. The molecule has 0 spiro atoms. The zero-order chi connectivity index (χ0) is 18.1. The van der Waals surface area contributed by atoms with Crippen molar-refractivity contribution in [1.29, 1.82) is 0 Å². The molecule has 25 heavy (non-hydrogen) atoms. The predicted octanol–water partition coefficient (Wildman–Crippen LogP) is 3.40. The van der Waals surface area contributed by atoms with Crippen molar-refractivity contribution in [3.63, 3.8) is 0 Å². The van der Waals surface area contributed by atoms with Crippen LogP contribution >= 0.6 is 0 Å². The summed E-state index contributed by atoms with van der Waals surface area (Å²) in [4.78, 5) is 27.0. The van der Waals surface area contributed by atoms with Crippen LogP contribution in [-0.2, 0) is 16.2 Å². The van der Waals surface area contributed by atoms with Crippen LogP contribution in [0.1, 0.15) is 17.7 Å². The molecule has 1 aromatic heterocycles. The zero-order valence-electron chi connectivity index (χ0n) is 14.0. The number of carbonyl (C=O) groups is 2. The van der Waals surface area contributed by atoms with Crippen LogP contribution in [0.5, 0.6) is 11.5 Å². The molecule has 0 radical (unpaired) electrons. The van der Waals surface area contributed by atoms with Gasteiger partial charge in [-0.25, -0.2) is 0 Å². The van der Waals surface area contributed by atoms with Crippen molar-refractivity contribution in [3.8, 4) is 11.5 Å². The van der Waals surface area contributed by atoms with Crippen molar-refractivity contribution in [2.75, 3.05) is 7.11 Å². The summed E-state index contributed by atoms with van der Waals surface area (Å²) in [7, 11) is 1.54. The number of hydrogen-bond donors (Lipinski definition) is 0. The van der Waals surface area contributed by atoms with Crippen molar-refractivity contribution in [1.82, 2.24) is 4.98 Å². The number of hydrogen-bond acceptors (Lipinski definition) is 5. The number of benzene rings is 1. The summed E-state index contributed by atoms with van der Waals surface area (Å²) in [6, 6.07) is 10.9. The van der Waals surface area contributed by atoms with Crippen LogP contribution in [0.25, 0.3) is 6.08 Å². The van der Waals surface area contributed by atoms with Crippen LogP contribution in [-0.4, -0.2) is 23.7 Å². The maximum Gasteiger partial charge on any atom is 0.163 e. The Balaban J connectivity index is 2.04. The average Bonchev–Trinajstić information content (AvgIpc) is 2.65. The monoisotopic (exact) mass is 337 g/mol. The maximum atomic E-state index is 11.7. The Morgan fingerprint density at radius 2 is 2.04 bits per heavy atom. The highest BCUT2D eigenvalue weighted by Crippen LogP contribution is 2.26. The average molecular weight is 337 g/mol. The van der Waals surface area contributed by atoms with E-state index >= 15 is 0 Å².